The van der Waals surface area contributed by atoms with Crippen LogP contribution in [0.4, 0.5) is 0 Å². The Morgan fingerprint density at radius 1 is 0.960 bits per heavy atom. The van der Waals surface area contributed by atoms with Gasteiger partial charge in [-0.25, -0.2) is 18.5 Å². The first-order valence-electron chi connectivity index (χ1n) is 7.46. The standard InChI is InChI=1S/C17H13N5O2S/c1-25(23,24)17-20-16(21-22-17)12-8-5-9-13-15(12)18-10-14(19-13)11-6-3-2-4-7-11/h2-10H,1H3,(H,20,21,22). The summed E-state index contributed by atoms with van der Waals surface area (Å²) in [6.45, 7) is 0. The monoisotopic (exact) mass is 351 g/mol. The molecule has 2 aromatic heterocycles. The zero-order chi connectivity index (χ0) is 17.4. The maximum atomic E-state index is 11.6. The van der Waals surface area contributed by atoms with Crippen LogP contribution in [0.2, 0.25) is 0 Å². The minimum atomic E-state index is -3.45. The maximum Gasteiger partial charge on any atom is 0.243 e. The number of rotatable bonds is 3. The maximum absolute atomic E-state index is 11.6. The molecule has 0 aliphatic carbocycles. The first kappa shape index (κ1) is 15.4. The van der Waals surface area contributed by atoms with Crippen molar-refractivity contribution >= 4 is 20.9 Å². The largest absolute Gasteiger partial charge is 0.252 e. The fraction of sp³-hybridized carbons (Fsp3) is 0.0588. The van der Waals surface area contributed by atoms with E-state index in [-0.39, 0.29) is 11.0 Å². The molecule has 4 rings (SSSR count). The van der Waals surface area contributed by atoms with Crippen molar-refractivity contribution in [2.45, 2.75) is 5.16 Å². The third-order valence-corrected chi connectivity index (χ3v) is 4.58. The lowest BCUT2D eigenvalue weighted by Gasteiger charge is -2.05. The summed E-state index contributed by atoms with van der Waals surface area (Å²) in [6, 6.07) is 15.2. The van der Waals surface area contributed by atoms with Gasteiger partial charge >= 0.3 is 0 Å². The van der Waals surface area contributed by atoms with E-state index in [1.54, 1.807) is 12.3 Å². The summed E-state index contributed by atoms with van der Waals surface area (Å²) in [4.78, 5) is 13.2. The first-order chi connectivity index (χ1) is 12.0. The Balaban J connectivity index is 1.85. The summed E-state index contributed by atoms with van der Waals surface area (Å²) in [6.07, 6.45) is 2.76. The number of aromatic amines is 1. The van der Waals surface area contributed by atoms with Crippen LogP contribution in [-0.4, -0.2) is 39.8 Å². The molecular formula is C17H13N5O2S. The Labute approximate surface area is 143 Å². The lowest BCUT2D eigenvalue weighted by Crippen LogP contribution is -1.99. The molecule has 0 amide bonds. The number of hydrogen-bond acceptors (Lipinski definition) is 6. The summed E-state index contributed by atoms with van der Waals surface area (Å²) in [5.41, 5.74) is 3.65. The second kappa shape index (κ2) is 5.75. The van der Waals surface area contributed by atoms with Gasteiger partial charge in [0.2, 0.25) is 15.0 Å². The van der Waals surface area contributed by atoms with Crippen molar-refractivity contribution < 1.29 is 8.42 Å². The summed E-state index contributed by atoms with van der Waals surface area (Å²) >= 11 is 0. The van der Waals surface area contributed by atoms with Crippen molar-refractivity contribution in [3.05, 3.63) is 54.7 Å². The van der Waals surface area contributed by atoms with Crippen LogP contribution in [0.3, 0.4) is 0 Å². The molecular weight excluding hydrogens is 338 g/mol. The Hall–Kier alpha value is -3.13. The predicted molar refractivity (Wildman–Crippen MR) is 93.5 cm³/mol. The van der Waals surface area contributed by atoms with Crippen molar-refractivity contribution in [2.75, 3.05) is 6.26 Å². The first-order valence-corrected chi connectivity index (χ1v) is 9.35. The normalized spacial score (nSPS) is 11.7. The van der Waals surface area contributed by atoms with E-state index in [1.807, 2.05) is 42.5 Å². The van der Waals surface area contributed by atoms with E-state index in [4.69, 9.17) is 0 Å². The molecule has 0 unspecified atom stereocenters. The average molecular weight is 351 g/mol. The molecule has 0 aliphatic rings. The van der Waals surface area contributed by atoms with E-state index in [1.165, 1.54) is 0 Å². The molecule has 4 aromatic rings. The van der Waals surface area contributed by atoms with Gasteiger partial charge in [-0.05, 0) is 12.1 Å². The molecule has 0 fully saturated rings. The van der Waals surface area contributed by atoms with E-state index < -0.39 is 9.84 Å². The highest BCUT2D eigenvalue weighted by Crippen LogP contribution is 2.26. The minimum Gasteiger partial charge on any atom is -0.252 e. The Bertz CT molecular complexity index is 1170. The van der Waals surface area contributed by atoms with E-state index in [0.29, 0.717) is 16.6 Å². The van der Waals surface area contributed by atoms with Gasteiger partial charge in [0.15, 0.2) is 5.82 Å². The third-order valence-electron chi connectivity index (χ3n) is 3.70. The number of hydrogen-bond donors (Lipinski definition) is 1. The van der Waals surface area contributed by atoms with Crippen molar-refractivity contribution in [1.29, 1.82) is 0 Å². The van der Waals surface area contributed by atoms with Crippen molar-refractivity contribution in [2.24, 2.45) is 0 Å². The van der Waals surface area contributed by atoms with Gasteiger partial charge in [0.05, 0.1) is 22.9 Å². The van der Waals surface area contributed by atoms with E-state index in [2.05, 4.69) is 25.1 Å². The molecule has 2 aromatic carbocycles. The zero-order valence-electron chi connectivity index (χ0n) is 13.2. The number of nitrogens with one attached hydrogen (secondary N) is 1. The summed E-state index contributed by atoms with van der Waals surface area (Å²) in [7, 11) is -3.45. The van der Waals surface area contributed by atoms with Crippen LogP contribution in [0.5, 0.6) is 0 Å². The summed E-state index contributed by atoms with van der Waals surface area (Å²) in [5, 5.41) is 6.28. The smallest absolute Gasteiger partial charge is 0.243 e. The molecule has 2 heterocycles. The Morgan fingerprint density at radius 2 is 1.76 bits per heavy atom. The quantitative estimate of drug-likeness (QED) is 0.608. The molecule has 0 saturated carbocycles. The number of H-pyrrole nitrogens is 1. The Morgan fingerprint density at radius 3 is 2.48 bits per heavy atom. The lowest BCUT2D eigenvalue weighted by molar-refractivity contribution is 0.594. The van der Waals surface area contributed by atoms with Crippen molar-refractivity contribution in [3.8, 4) is 22.6 Å². The molecule has 0 radical (unpaired) electrons. The fourth-order valence-electron chi connectivity index (χ4n) is 2.50. The topological polar surface area (TPSA) is 101 Å². The van der Waals surface area contributed by atoms with Gasteiger partial charge in [0, 0.05) is 17.4 Å². The van der Waals surface area contributed by atoms with Crippen LogP contribution in [0, 0.1) is 0 Å². The Kier molecular flexibility index (Phi) is 3.54. The van der Waals surface area contributed by atoms with Gasteiger partial charge in [-0.15, -0.1) is 0 Å². The van der Waals surface area contributed by atoms with Crippen LogP contribution < -0.4 is 0 Å². The summed E-state index contributed by atoms with van der Waals surface area (Å²) in [5.74, 6) is 0.271. The molecule has 0 aliphatic heterocycles. The van der Waals surface area contributed by atoms with Crippen LogP contribution >= 0.6 is 0 Å². The highest BCUT2D eigenvalue weighted by Gasteiger charge is 2.17. The molecule has 7 nitrogen and oxygen atoms in total. The van der Waals surface area contributed by atoms with Crippen LogP contribution in [-0.2, 0) is 9.84 Å². The molecule has 0 spiro atoms. The molecule has 25 heavy (non-hydrogen) atoms. The minimum absolute atomic E-state index is 0.173. The second-order valence-corrected chi connectivity index (χ2v) is 7.46. The number of aromatic nitrogens is 5. The zero-order valence-corrected chi connectivity index (χ0v) is 14.0. The molecule has 0 bridgehead atoms. The van der Waals surface area contributed by atoms with Crippen molar-refractivity contribution in [1.82, 2.24) is 25.1 Å². The SMILES string of the molecule is CS(=O)(=O)c1nc(-c2cccc3nc(-c4ccccc4)cnc23)n[nH]1. The van der Waals surface area contributed by atoms with E-state index in [0.717, 1.165) is 17.5 Å². The van der Waals surface area contributed by atoms with Crippen LogP contribution in [0.25, 0.3) is 33.7 Å². The van der Waals surface area contributed by atoms with E-state index in [9.17, 15) is 8.42 Å². The summed E-state index contributed by atoms with van der Waals surface area (Å²) < 4.78 is 23.2. The lowest BCUT2D eigenvalue weighted by atomic mass is 10.1. The predicted octanol–water partition coefficient (Wildman–Crippen LogP) is 2.49. The van der Waals surface area contributed by atoms with Gasteiger partial charge < -0.3 is 0 Å². The number of para-hydroxylation sites is 1. The molecule has 0 atom stereocenters. The number of benzene rings is 2. The number of nitrogens with zero attached hydrogens (tertiary/aromatic N) is 4. The van der Waals surface area contributed by atoms with Gasteiger partial charge in [-0.3, -0.25) is 4.98 Å². The highest BCUT2D eigenvalue weighted by atomic mass is 32.2. The van der Waals surface area contributed by atoms with Crippen LogP contribution in [0.15, 0.2) is 59.9 Å². The van der Waals surface area contributed by atoms with Crippen LogP contribution in [0.1, 0.15) is 0 Å². The number of fused-ring (bicyclic) bond motifs is 1. The molecule has 0 saturated heterocycles. The molecule has 1 N–H and O–H groups in total. The number of sulfone groups is 1. The van der Waals surface area contributed by atoms with Gasteiger partial charge in [-0.2, -0.15) is 10.1 Å². The second-order valence-electron chi connectivity index (χ2n) is 5.53. The van der Waals surface area contributed by atoms with Gasteiger partial charge in [-0.1, -0.05) is 36.4 Å². The average Bonchev–Trinajstić information content (AvgIpc) is 3.12. The van der Waals surface area contributed by atoms with Crippen molar-refractivity contribution in [3.63, 3.8) is 0 Å². The molecule has 8 heteroatoms. The highest BCUT2D eigenvalue weighted by molar-refractivity contribution is 7.90. The third kappa shape index (κ3) is 2.87. The fourth-order valence-corrected chi connectivity index (χ4v) is 2.97. The van der Waals surface area contributed by atoms with Gasteiger partial charge in [0.25, 0.3) is 0 Å². The molecule has 124 valence electrons. The van der Waals surface area contributed by atoms with E-state index >= 15 is 0 Å². The van der Waals surface area contributed by atoms with Gasteiger partial charge in [0.1, 0.15) is 0 Å².